The highest BCUT2D eigenvalue weighted by Gasteiger charge is 2.10. The van der Waals surface area contributed by atoms with Crippen molar-refractivity contribution >= 4 is 0 Å². The molecule has 1 aromatic heterocycles. The number of rotatable bonds is 6. The van der Waals surface area contributed by atoms with Crippen LogP contribution < -0.4 is 5.32 Å². The number of hydrogen-bond acceptors (Lipinski definition) is 3. The van der Waals surface area contributed by atoms with Crippen LogP contribution >= 0.6 is 0 Å². The van der Waals surface area contributed by atoms with Crippen LogP contribution in [0.2, 0.25) is 0 Å². The van der Waals surface area contributed by atoms with Crippen LogP contribution in [0.25, 0.3) is 11.3 Å². The zero-order chi connectivity index (χ0) is 14.5. The van der Waals surface area contributed by atoms with Crippen molar-refractivity contribution in [2.75, 3.05) is 13.7 Å². The van der Waals surface area contributed by atoms with Crippen molar-refractivity contribution in [1.29, 1.82) is 0 Å². The van der Waals surface area contributed by atoms with E-state index in [4.69, 9.17) is 9.15 Å². The monoisotopic (exact) mass is 277 g/mol. The molecule has 1 atom stereocenters. The largest absolute Gasteiger partial charge is 0.460 e. The second kappa shape index (κ2) is 6.68. The average molecular weight is 277 g/mol. The number of benzene rings is 1. The Balaban J connectivity index is 2.07. The van der Waals surface area contributed by atoms with Gasteiger partial charge >= 0.3 is 0 Å². The third kappa shape index (κ3) is 3.46. The standard InChI is InChI=1S/C16H20FNO2/c1-11(10-19-3)18-9-13-7-8-16(20-13)14-5-4-6-15(17)12(14)2/h4-8,11,18H,9-10H2,1-3H3/t11-/m1/s1. The highest BCUT2D eigenvalue weighted by Crippen LogP contribution is 2.26. The van der Waals surface area contributed by atoms with Crippen LogP contribution in [0, 0.1) is 12.7 Å². The van der Waals surface area contributed by atoms with Crippen LogP contribution in [0.1, 0.15) is 18.2 Å². The van der Waals surface area contributed by atoms with Crippen molar-refractivity contribution in [1.82, 2.24) is 5.32 Å². The van der Waals surface area contributed by atoms with E-state index in [1.807, 2.05) is 25.1 Å². The molecule has 0 saturated heterocycles. The number of furan rings is 1. The Morgan fingerprint density at radius 1 is 1.30 bits per heavy atom. The van der Waals surface area contributed by atoms with Crippen LogP contribution in [0.4, 0.5) is 4.39 Å². The molecule has 0 saturated carbocycles. The summed E-state index contributed by atoms with van der Waals surface area (Å²) in [6.07, 6.45) is 0. The van der Waals surface area contributed by atoms with Crippen molar-refractivity contribution in [3.8, 4) is 11.3 Å². The molecule has 0 bridgehead atoms. The fraction of sp³-hybridized carbons (Fsp3) is 0.375. The van der Waals surface area contributed by atoms with Gasteiger partial charge in [-0.1, -0.05) is 12.1 Å². The molecule has 4 heteroatoms. The van der Waals surface area contributed by atoms with Gasteiger partial charge in [0.05, 0.1) is 13.2 Å². The molecule has 20 heavy (non-hydrogen) atoms. The normalized spacial score (nSPS) is 12.6. The van der Waals surface area contributed by atoms with Crippen LogP contribution in [-0.2, 0) is 11.3 Å². The predicted octanol–water partition coefficient (Wildman–Crippen LogP) is 3.52. The molecular weight excluding hydrogens is 257 g/mol. The van der Waals surface area contributed by atoms with Crippen molar-refractivity contribution in [3.63, 3.8) is 0 Å². The molecule has 1 N–H and O–H groups in total. The Morgan fingerprint density at radius 3 is 2.85 bits per heavy atom. The molecule has 0 aliphatic carbocycles. The maximum absolute atomic E-state index is 13.5. The molecule has 3 nitrogen and oxygen atoms in total. The molecule has 0 radical (unpaired) electrons. The number of ether oxygens (including phenoxy) is 1. The minimum absolute atomic E-state index is 0.215. The topological polar surface area (TPSA) is 34.4 Å². The first-order valence-corrected chi connectivity index (χ1v) is 6.68. The summed E-state index contributed by atoms with van der Waals surface area (Å²) in [6.45, 7) is 5.07. The maximum atomic E-state index is 13.5. The highest BCUT2D eigenvalue weighted by atomic mass is 19.1. The van der Waals surface area contributed by atoms with Crippen molar-refractivity contribution in [2.24, 2.45) is 0 Å². The van der Waals surface area contributed by atoms with Crippen molar-refractivity contribution < 1.29 is 13.5 Å². The van der Waals surface area contributed by atoms with Crippen molar-refractivity contribution in [3.05, 3.63) is 47.5 Å². The molecular formula is C16H20FNO2. The zero-order valence-corrected chi connectivity index (χ0v) is 12.1. The maximum Gasteiger partial charge on any atom is 0.134 e. The van der Waals surface area contributed by atoms with Gasteiger partial charge in [-0.25, -0.2) is 4.39 Å². The first kappa shape index (κ1) is 14.8. The fourth-order valence-corrected chi connectivity index (χ4v) is 2.08. The summed E-state index contributed by atoms with van der Waals surface area (Å²) in [5, 5.41) is 3.30. The molecule has 0 aliphatic rings. The van der Waals surface area contributed by atoms with Crippen LogP contribution in [-0.4, -0.2) is 19.8 Å². The Kier molecular flexibility index (Phi) is 4.93. The van der Waals surface area contributed by atoms with E-state index in [1.54, 1.807) is 20.1 Å². The molecule has 0 spiro atoms. The van der Waals surface area contributed by atoms with Gasteiger partial charge in [0.25, 0.3) is 0 Å². The lowest BCUT2D eigenvalue weighted by atomic mass is 10.1. The summed E-state index contributed by atoms with van der Waals surface area (Å²) in [5.41, 5.74) is 1.40. The third-order valence-electron chi connectivity index (χ3n) is 3.24. The SMILES string of the molecule is COC[C@@H](C)NCc1ccc(-c2cccc(F)c2C)o1. The molecule has 108 valence electrons. The summed E-state index contributed by atoms with van der Waals surface area (Å²) in [5.74, 6) is 1.30. The van der Waals surface area contributed by atoms with Crippen LogP contribution in [0.3, 0.4) is 0 Å². The van der Waals surface area contributed by atoms with E-state index in [2.05, 4.69) is 5.32 Å². The predicted molar refractivity (Wildman–Crippen MR) is 77.0 cm³/mol. The van der Waals surface area contributed by atoms with Crippen LogP contribution in [0.15, 0.2) is 34.7 Å². The Bertz CT molecular complexity index is 565. The Labute approximate surface area is 118 Å². The van der Waals surface area contributed by atoms with E-state index in [0.717, 1.165) is 11.3 Å². The Hall–Kier alpha value is -1.65. The van der Waals surface area contributed by atoms with Gasteiger partial charge in [-0.3, -0.25) is 0 Å². The summed E-state index contributed by atoms with van der Waals surface area (Å²) in [7, 11) is 1.68. The lowest BCUT2D eigenvalue weighted by molar-refractivity contribution is 0.170. The minimum atomic E-state index is -0.215. The van der Waals surface area contributed by atoms with E-state index in [1.165, 1.54) is 6.07 Å². The van der Waals surface area contributed by atoms with Gasteiger partial charge < -0.3 is 14.5 Å². The highest BCUT2D eigenvalue weighted by molar-refractivity contribution is 5.62. The van der Waals surface area contributed by atoms with E-state index in [0.29, 0.717) is 24.5 Å². The van der Waals surface area contributed by atoms with Gasteiger partial charge in [0.1, 0.15) is 17.3 Å². The van der Waals surface area contributed by atoms with Crippen molar-refractivity contribution in [2.45, 2.75) is 26.4 Å². The number of methoxy groups -OCH3 is 1. The molecule has 0 aliphatic heterocycles. The molecule has 2 aromatic rings. The molecule has 0 fully saturated rings. The molecule has 0 amide bonds. The summed E-state index contributed by atoms with van der Waals surface area (Å²) < 4.78 is 24.4. The van der Waals surface area contributed by atoms with Gasteiger partial charge in [-0.2, -0.15) is 0 Å². The summed E-state index contributed by atoms with van der Waals surface area (Å²) in [4.78, 5) is 0. The van der Waals surface area contributed by atoms with E-state index < -0.39 is 0 Å². The fourth-order valence-electron chi connectivity index (χ4n) is 2.08. The molecule has 1 aromatic carbocycles. The van der Waals surface area contributed by atoms with Gasteiger partial charge in [0, 0.05) is 18.7 Å². The number of halogens is 1. The molecule has 1 heterocycles. The minimum Gasteiger partial charge on any atom is -0.460 e. The second-order valence-corrected chi connectivity index (χ2v) is 4.92. The number of hydrogen-bond donors (Lipinski definition) is 1. The second-order valence-electron chi connectivity index (χ2n) is 4.92. The molecule has 2 rings (SSSR count). The average Bonchev–Trinajstić information content (AvgIpc) is 2.89. The van der Waals surface area contributed by atoms with Gasteiger partial charge in [-0.15, -0.1) is 0 Å². The van der Waals surface area contributed by atoms with Gasteiger partial charge in [-0.05, 0) is 37.6 Å². The van der Waals surface area contributed by atoms with Gasteiger partial charge in [0.2, 0.25) is 0 Å². The zero-order valence-electron chi connectivity index (χ0n) is 12.1. The number of nitrogens with one attached hydrogen (secondary N) is 1. The first-order valence-electron chi connectivity index (χ1n) is 6.68. The van der Waals surface area contributed by atoms with E-state index in [9.17, 15) is 4.39 Å². The molecule has 0 unspecified atom stereocenters. The van der Waals surface area contributed by atoms with Crippen LogP contribution in [0.5, 0.6) is 0 Å². The smallest absolute Gasteiger partial charge is 0.134 e. The van der Waals surface area contributed by atoms with E-state index >= 15 is 0 Å². The summed E-state index contributed by atoms with van der Waals surface area (Å²) >= 11 is 0. The lowest BCUT2D eigenvalue weighted by Crippen LogP contribution is -2.29. The quantitative estimate of drug-likeness (QED) is 0.877. The Morgan fingerprint density at radius 2 is 2.10 bits per heavy atom. The van der Waals surface area contributed by atoms with E-state index in [-0.39, 0.29) is 11.9 Å². The third-order valence-corrected chi connectivity index (χ3v) is 3.24. The first-order chi connectivity index (χ1) is 9.61. The summed E-state index contributed by atoms with van der Waals surface area (Å²) in [6, 6.07) is 9.05. The van der Waals surface area contributed by atoms with Gasteiger partial charge in [0.15, 0.2) is 0 Å². The lowest BCUT2D eigenvalue weighted by Gasteiger charge is -2.11.